The number of hydrazine groups is 1. The second kappa shape index (κ2) is 9.95. The first-order valence-electron chi connectivity index (χ1n) is 12.3. The van der Waals surface area contributed by atoms with E-state index in [4.69, 9.17) is 9.82 Å². The SMILES string of the molecule is Cc1ccc(N2NOC(=O)C2S(=O)(=O)Nc2ccc(-n3c(-c4ccccc4)nc4ccccc4c3=O)cc2)cc1. The van der Waals surface area contributed by atoms with Crippen LogP contribution in [0.15, 0.2) is 108 Å². The third kappa shape index (κ3) is 4.57. The van der Waals surface area contributed by atoms with Crippen LogP contribution in [0, 0.1) is 6.92 Å². The summed E-state index contributed by atoms with van der Waals surface area (Å²) in [5, 5.41) is -0.0625. The first kappa shape index (κ1) is 25.3. The predicted molar refractivity (Wildman–Crippen MR) is 152 cm³/mol. The van der Waals surface area contributed by atoms with E-state index in [0.29, 0.717) is 28.1 Å². The van der Waals surface area contributed by atoms with Gasteiger partial charge in [0, 0.05) is 11.3 Å². The highest BCUT2D eigenvalue weighted by atomic mass is 32.2. The standard InChI is InChI=1S/C29H23N5O5S/c1-19-11-15-23(16-12-19)34-28(29(36)39-32-34)40(37,38)31-21-13-17-22(18-14-21)33-26(20-7-3-2-4-8-20)30-25-10-6-5-9-24(25)27(33)35/h2-18,28,31-32H,1H3. The van der Waals surface area contributed by atoms with Crippen LogP contribution < -0.4 is 20.9 Å². The van der Waals surface area contributed by atoms with Crippen LogP contribution in [0.1, 0.15) is 5.56 Å². The summed E-state index contributed by atoms with van der Waals surface area (Å²) in [5.41, 5.74) is 5.56. The van der Waals surface area contributed by atoms with Crippen LogP contribution in [-0.4, -0.2) is 29.3 Å². The number of fused-ring (bicyclic) bond motifs is 1. The summed E-state index contributed by atoms with van der Waals surface area (Å²) in [4.78, 5) is 35.6. The quantitative estimate of drug-likeness (QED) is 0.325. The average molecular weight is 554 g/mol. The van der Waals surface area contributed by atoms with Crippen LogP contribution in [-0.2, 0) is 19.7 Å². The summed E-state index contributed by atoms with van der Waals surface area (Å²) in [5.74, 6) is -0.517. The Kier molecular flexibility index (Phi) is 6.29. The molecular formula is C29H23N5O5S. The lowest BCUT2D eigenvalue weighted by atomic mass is 10.1. The van der Waals surface area contributed by atoms with Crippen molar-refractivity contribution in [2.75, 3.05) is 9.73 Å². The molecule has 5 aromatic rings. The van der Waals surface area contributed by atoms with E-state index in [0.717, 1.165) is 16.1 Å². The van der Waals surface area contributed by atoms with Crippen molar-refractivity contribution in [3.05, 3.63) is 119 Å². The van der Waals surface area contributed by atoms with Gasteiger partial charge in [0.05, 0.1) is 22.3 Å². The zero-order valence-electron chi connectivity index (χ0n) is 21.2. The molecule has 1 unspecified atom stereocenters. The molecule has 0 amide bonds. The van der Waals surface area contributed by atoms with Crippen molar-refractivity contribution in [1.82, 2.24) is 15.1 Å². The van der Waals surface area contributed by atoms with Gasteiger partial charge in [-0.3, -0.25) is 14.1 Å². The van der Waals surface area contributed by atoms with Crippen LogP contribution in [0.25, 0.3) is 28.0 Å². The van der Waals surface area contributed by atoms with Crippen LogP contribution in [0.5, 0.6) is 0 Å². The van der Waals surface area contributed by atoms with Crippen molar-refractivity contribution in [3.63, 3.8) is 0 Å². The van der Waals surface area contributed by atoms with Gasteiger partial charge < -0.3 is 4.84 Å². The lowest BCUT2D eigenvalue weighted by Crippen LogP contribution is -2.46. The van der Waals surface area contributed by atoms with Crippen LogP contribution >= 0.6 is 0 Å². The van der Waals surface area contributed by atoms with Gasteiger partial charge in [0.25, 0.3) is 21.0 Å². The zero-order valence-corrected chi connectivity index (χ0v) is 22.0. The maximum atomic E-state index is 13.6. The van der Waals surface area contributed by atoms with E-state index >= 15 is 0 Å². The van der Waals surface area contributed by atoms with Crippen molar-refractivity contribution in [2.24, 2.45) is 0 Å². The number of carbonyl (C=O) groups is 1. The molecule has 6 rings (SSSR count). The fraction of sp³-hybridized carbons (Fsp3) is 0.0690. The summed E-state index contributed by atoms with van der Waals surface area (Å²) in [6, 6.07) is 29.7. The van der Waals surface area contributed by atoms with E-state index in [1.165, 1.54) is 16.7 Å². The molecule has 40 heavy (non-hydrogen) atoms. The molecule has 0 radical (unpaired) electrons. The Morgan fingerprint density at radius 2 is 1.48 bits per heavy atom. The Morgan fingerprint density at radius 3 is 2.20 bits per heavy atom. The third-order valence-corrected chi connectivity index (χ3v) is 7.99. The van der Waals surface area contributed by atoms with Crippen molar-refractivity contribution in [1.29, 1.82) is 0 Å². The number of aromatic nitrogens is 2. The minimum absolute atomic E-state index is 0.204. The van der Waals surface area contributed by atoms with Gasteiger partial charge in [-0.15, -0.1) is 0 Å². The number of carbonyl (C=O) groups excluding carboxylic acids is 1. The smallest absolute Gasteiger partial charge is 0.347 e. The number of nitrogens with zero attached hydrogens (tertiary/aromatic N) is 3. The van der Waals surface area contributed by atoms with Gasteiger partial charge in [0.15, 0.2) is 0 Å². The van der Waals surface area contributed by atoms with Gasteiger partial charge in [-0.2, -0.15) is 0 Å². The molecule has 1 aromatic heterocycles. The van der Waals surface area contributed by atoms with E-state index in [1.54, 1.807) is 54.6 Å². The lowest BCUT2D eigenvalue weighted by molar-refractivity contribution is -0.142. The zero-order chi connectivity index (χ0) is 27.9. The summed E-state index contributed by atoms with van der Waals surface area (Å²) < 4.78 is 30.5. The molecule has 1 aliphatic heterocycles. The monoisotopic (exact) mass is 553 g/mol. The van der Waals surface area contributed by atoms with Crippen LogP contribution in [0.2, 0.25) is 0 Å². The molecule has 1 saturated heterocycles. The summed E-state index contributed by atoms with van der Waals surface area (Å²) in [7, 11) is -4.28. The molecule has 200 valence electrons. The van der Waals surface area contributed by atoms with E-state index in [2.05, 4.69) is 10.3 Å². The molecule has 0 saturated carbocycles. The largest absolute Gasteiger partial charge is 0.368 e. The number of nitrogens with one attached hydrogen (secondary N) is 2. The number of hydrogen-bond acceptors (Lipinski definition) is 8. The highest BCUT2D eigenvalue weighted by molar-refractivity contribution is 7.94. The molecule has 0 aliphatic carbocycles. The predicted octanol–water partition coefficient (Wildman–Crippen LogP) is 3.91. The molecular weight excluding hydrogens is 530 g/mol. The number of benzene rings is 4. The number of para-hydroxylation sites is 1. The maximum Gasteiger partial charge on any atom is 0.368 e. The van der Waals surface area contributed by atoms with Crippen molar-refractivity contribution < 1.29 is 18.0 Å². The molecule has 4 aromatic carbocycles. The summed E-state index contributed by atoms with van der Waals surface area (Å²) in [6.45, 7) is 1.90. The molecule has 2 N–H and O–H groups in total. The normalized spacial score (nSPS) is 15.3. The van der Waals surface area contributed by atoms with Gasteiger partial charge in [0.1, 0.15) is 5.82 Å². The number of aryl methyl sites for hydroxylation is 1. The molecule has 11 heteroatoms. The topological polar surface area (TPSA) is 123 Å². The van der Waals surface area contributed by atoms with Gasteiger partial charge >= 0.3 is 5.97 Å². The minimum atomic E-state index is -4.28. The molecule has 0 bridgehead atoms. The highest BCUT2D eigenvalue weighted by Gasteiger charge is 2.46. The molecule has 0 spiro atoms. The summed E-state index contributed by atoms with van der Waals surface area (Å²) >= 11 is 0. The average Bonchev–Trinajstić information content (AvgIpc) is 3.36. The first-order valence-corrected chi connectivity index (χ1v) is 13.9. The number of rotatable bonds is 6. The van der Waals surface area contributed by atoms with Crippen LogP contribution in [0.3, 0.4) is 0 Å². The molecule has 1 aliphatic rings. The maximum absolute atomic E-state index is 13.6. The fourth-order valence-corrected chi connectivity index (χ4v) is 5.83. The second-order valence-electron chi connectivity index (χ2n) is 9.22. The highest BCUT2D eigenvalue weighted by Crippen LogP contribution is 2.26. The lowest BCUT2D eigenvalue weighted by Gasteiger charge is -2.22. The van der Waals surface area contributed by atoms with Crippen molar-refractivity contribution in [2.45, 2.75) is 12.3 Å². The Balaban J connectivity index is 1.35. The number of hydrogen-bond donors (Lipinski definition) is 2. The van der Waals surface area contributed by atoms with Gasteiger partial charge in [-0.05, 0) is 55.5 Å². The molecule has 2 heterocycles. The molecule has 1 atom stereocenters. The Labute approximate surface area is 229 Å². The Morgan fingerprint density at radius 1 is 0.825 bits per heavy atom. The van der Waals surface area contributed by atoms with Gasteiger partial charge in [-0.1, -0.05) is 65.7 Å². The third-order valence-electron chi connectivity index (χ3n) is 6.48. The van der Waals surface area contributed by atoms with Gasteiger partial charge in [0.2, 0.25) is 0 Å². The fourth-order valence-electron chi connectivity index (χ4n) is 4.51. The van der Waals surface area contributed by atoms with E-state index in [-0.39, 0.29) is 11.2 Å². The Hall–Kier alpha value is -5.00. The van der Waals surface area contributed by atoms with E-state index < -0.39 is 21.4 Å². The minimum Gasteiger partial charge on any atom is -0.347 e. The Bertz CT molecular complexity index is 1890. The van der Waals surface area contributed by atoms with E-state index in [1.807, 2.05) is 43.3 Å². The van der Waals surface area contributed by atoms with Crippen molar-refractivity contribution >= 4 is 38.3 Å². The van der Waals surface area contributed by atoms with Gasteiger partial charge in [-0.25, -0.2) is 23.2 Å². The number of anilines is 2. The molecule has 10 nitrogen and oxygen atoms in total. The second-order valence-corrected chi connectivity index (χ2v) is 11.0. The number of sulfonamides is 1. The summed E-state index contributed by atoms with van der Waals surface area (Å²) in [6.07, 6.45) is 0. The first-order chi connectivity index (χ1) is 19.3. The van der Waals surface area contributed by atoms with E-state index in [9.17, 15) is 18.0 Å². The van der Waals surface area contributed by atoms with Crippen molar-refractivity contribution in [3.8, 4) is 17.1 Å². The molecule has 1 fully saturated rings. The van der Waals surface area contributed by atoms with Crippen LogP contribution in [0.4, 0.5) is 11.4 Å².